The predicted octanol–water partition coefficient (Wildman–Crippen LogP) is 4.43. The van der Waals surface area contributed by atoms with E-state index in [1.807, 2.05) is 0 Å². The van der Waals surface area contributed by atoms with E-state index >= 15 is 0 Å². The Balaban J connectivity index is 2.14. The molecule has 8 heteroatoms. The highest BCUT2D eigenvalue weighted by atomic mass is 35.5. The number of ether oxygens (including phenoxy) is 1. The van der Waals surface area contributed by atoms with Gasteiger partial charge in [0.2, 0.25) is 0 Å². The number of nitrogens with zero attached hydrogens (tertiary/aromatic N) is 1. The standard InChI is InChI=1S/C20H17ClF2N2O3/c1-10(24-16-6-4-5-15(23)18(16)20(27)28-3)12-7-11(22)8-14-13(12)9-17(21)25(2)19(14)26/h4-10,24H,1-3H3/t10-/m1/s1. The van der Waals surface area contributed by atoms with Crippen molar-refractivity contribution >= 4 is 34.0 Å². The lowest BCUT2D eigenvalue weighted by molar-refractivity contribution is 0.0596. The topological polar surface area (TPSA) is 60.3 Å². The molecule has 1 heterocycles. The maximum absolute atomic E-state index is 14.2. The van der Waals surface area contributed by atoms with Gasteiger partial charge in [-0.2, -0.15) is 0 Å². The molecular weight excluding hydrogens is 390 g/mol. The molecule has 0 aliphatic carbocycles. The number of hydrogen-bond acceptors (Lipinski definition) is 4. The van der Waals surface area contributed by atoms with Crippen molar-refractivity contribution in [3.05, 3.63) is 74.7 Å². The number of fused-ring (bicyclic) bond motifs is 1. The fourth-order valence-electron chi connectivity index (χ4n) is 3.09. The summed E-state index contributed by atoms with van der Waals surface area (Å²) in [6, 6.07) is 7.50. The smallest absolute Gasteiger partial charge is 0.342 e. The first-order valence-electron chi connectivity index (χ1n) is 8.36. The molecule has 0 fully saturated rings. The summed E-state index contributed by atoms with van der Waals surface area (Å²) < 4.78 is 34.2. The molecule has 5 nitrogen and oxygen atoms in total. The maximum atomic E-state index is 14.2. The van der Waals surface area contributed by atoms with Crippen LogP contribution in [0.25, 0.3) is 10.8 Å². The number of aromatic nitrogens is 1. The minimum atomic E-state index is -0.839. The molecule has 3 aromatic rings. The summed E-state index contributed by atoms with van der Waals surface area (Å²) in [5, 5.41) is 3.82. The Kier molecular flexibility index (Phi) is 5.38. The summed E-state index contributed by atoms with van der Waals surface area (Å²) in [5.74, 6) is -2.18. The third kappa shape index (κ3) is 3.45. The SMILES string of the molecule is COC(=O)c1c(F)cccc1N[C@H](C)c1cc(F)cc2c(=O)n(C)c(Cl)cc12. The predicted molar refractivity (Wildman–Crippen MR) is 104 cm³/mol. The lowest BCUT2D eigenvalue weighted by Gasteiger charge is -2.20. The van der Waals surface area contributed by atoms with Crippen LogP contribution in [0.5, 0.6) is 0 Å². The van der Waals surface area contributed by atoms with E-state index in [-0.39, 0.29) is 21.8 Å². The number of carbonyl (C=O) groups is 1. The van der Waals surface area contributed by atoms with Crippen LogP contribution in [0.2, 0.25) is 5.15 Å². The molecule has 3 rings (SSSR count). The molecule has 146 valence electrons. The van der Waals surface area contributed by atoms with Crippen molar-refractivity contribution in [2.24, 2.45) is 7.05 Å². The van der Waals surface area contributed by atoms with Crippen molar-refractivity contribution in [1.82, 2.24) is 4.57 Å². The second-order valence-corrected chi connectivity index (χ2v) is 6.69. The van der Waals surface area contributed by atoms with Gasteiger partial charge in [-0.25, -0.2) is 13.6 Å². The van der Waals surface area contributed by atoms with Crippen molar-refractivity contribution in [3.8, 4) is 0 Å². The molecule has 0 radical (unpaired) electrons. The Labute approximate surface area is 164 Å². The van der Waals surface area contributed by atoms with Crippen LogP contribution in [-0.2, 0) is 11.8 Å². The van der Waals surface area contributed by atoms with Crippen LogP contribution in [0.1, 0.15) is 28.9 Å². The van der Waals surface area contributed by atoms with Gasteiger partial charge in [-0.1, -0.05) is 17.7 Å². The Morgan fingerprint density at radius 1 is 1.21 bits per heavy atom. The summed E-state index contributed by atoms with van der Waals surface area (Å²) in [6.07, 6.45) is 0. The summed E-state index contributed by atoms with van der Waals surface area (Å²) in [7, 11) is 2.64. The van der Waals surface area contributed by atoms with Crippen LogP contribution in [0.3, 0.4) is 0 Å². The summed E-state index contributed by atoms with van der Waals surface area (Å²) in [5.41, 5.74) is -0.0654. The number of nitrogens with one attached hydrogen (secondary N) is 1. The van der Waals surface area contributed by atoms with Gasteiger partial charge in [-0.05, 0) is 48.2 Å². The Hall–Kier alpha value is -2.93. The molecule has 0 bridgehead atoms. The molecule has 0 saturated carbocycles. The van der Waals surface area contributed by atoms with Crippen molar-refractivity contribution in [2.45, 2.75) is 13.0 Å². The first-order valence-corrected chi connectivity index (χ1v) is 8.74. The Bertz CT molecular complexity index is 1140. The molecule has 1 aromatic heterocycles. The highest BCUT2D eigenvalue weighted by molar-refractivity contribution is 6.30. The zero-order valence-corrected chi connectivity index (χ0v) is 16.1. The van der Waals surface area contributed by atoms with Crippen molar-refractivity contribution in [2.75, 3.05) is 12.4 Å². The number of methoxy groups -OCH3 is 1. The molecule has 1 atom stereocenters. The van der Waals surface area contributed by atoms with Gasteiger partial charge in [0.1, 0.15) is 22.4 Å². The minimum Gasteiger partial charge on any atom is -0.465 e. The van der Waals surface area contributed by atoms with Gasteiger partial charge in [-0.15, -0.1) is 0 Å². The van der Waals surface area contributed by atoms with Gasteiger partial charge in [0.25, 0.3) is 5.56 Å². The normalized spacial score (nSPS) is 12.1. The van der Waals surface area contributed by atoms with E-state index in [0.717, 1.165) is 19.2 Å². The fraction of sp³-hybridized carbons (Fsp3) is 0.200. The van der Waals surface area contributed by atoms with Gasteiger partial charge in [0.05, 0.1) is 18.2 Å². The molecule has 0 aliphatic heterocycles. The van der Waals surface area contributed by atoms with Crippen LogP contribution < -0.4 is 10.9 Å². The lowest BCUT2D eigenvalue weighted by atomic mass is 9.99. The number of halogens is 3. The zero-order chi connectivity index (χ0) is 20.6. The van der Waals surface area contributed by atoms with E-state index in [0.29, 0.717) is 10.9 Å². The second kappa shape index (κ2) is 7.59. The number of esters is 1. The highest BCUT2D eigenvalue weighted by Gasteiger charge is 2.21. The quantitative estimate of drug-likeness (QED) is 0.514. The Morgan fingerprint density at radius 2 is 1.93 bits per heavy atom. The van der Waals surface area contributed by atoms with E-state index in [1.165, 1.54) is 29.8 Å². The molecule has 28 heavy (non-hydrogen) atoms. The number of hydrogen-bond donors (Lipinski definition) is 1. The lowest BCUT2D eigenvalue weighted by Crippen LogP contribution is -2.19. The average molecular weight is 407 g/mol. The average Bonchev–Trinajstić information content (AvgIpc) is 2.66. The van der Waals surface area contributed by atoms with Crippen molar-refractivity contribution in [1.29, 1.82) is 0 Å². The number of carbonyl (C=O) groups excluding carboxylic acids is 1. The van der Waals surface area contributed by atoms with Gasteiger partial charge in [-0.3, -0.25) is 4.79 Å². The summed E-state index contributed by atoms with van der Waals surface area (Å²) >= 11 is 6.11. The van der Waals surface area contributed by atoms with Crippen LogP contribution in [0.15, 0.2) is 41.2 Å². The summed E-state index contributed by atoms with van der Waals surface area (Å²) in [4.78, 5) is 24.4. The molecule has 2 aromatic carbocycles. The van der Waals surface area contributed by atoms with E-state index in [1.54, 1.807) is 13.0 Å². The van der Waals surface area contributed by atoms with Crippen molar-refractivity contribution in [3.63, 3.8) is 0 Å². The minimum absolute atomic E-state index is 0.169. The van der Waals surface area contributed by atoms with Crippen LogP contribution in [0, 0.1) is 11.6 Å². The van der Waals surface area contributed by atoms with E-state index < -0.39 is 29.2 Å². The van der Waals surface area contributed by atoms with Crippen molar-refractivity contribution < 1.29 is 18.3 Å². The first-order chi connectivity index (χ1) is 13.2. The molecule has 0 amide bonds. The van der Waals surface area contributed by atoms with Gasteiger partial charge in [0.15, 0.2) is 0 Å². The third-order valence-corrected chi connectivity index (χ3v) is 4.90. The summed E-state index contributed by atoms with van der Waals surface area (Å²) in [6.45, 7) is 1.70. The number of rotatable bonds is 4. The van der Waals surface area contributed by atoms with Crippen LogP contribution in [-0.4, -0.2) is 17.6 Å². The highest BCUT2D eigenvalue weighted by Crippen LogP contribution is 2.30. The zero-order valence-electron chi connectivity index (χ0n) is 15.3. The first kappa shape index (κ1) is 19.8. The van der Waals surface area contributed by atoms with Gasteiger partial charge < -0.3 is 14.6 Å². The van der Waals surface area contributed by atoms with Gasteiger partial charge in [0, 0.05) is 13.1 Å². The maximum Gasteiger partial charge on any atom is 0.342 e. The molecule has 0 aliphatic rings. The number of anilines is 1. The second-order valence-electron chi connectivity index (χ2n) is 6.31. The molecular formula is C20H17ClF2N2O3. The van der Waals surface area contributed by atoms with E-state index in [4.69, 9.17) is 11.6 Å². The third-order valence-electron chi connectivity index (χ3n) is 4.54. The van der Waals surface area contributed by atoms with Crippen LogP contribution in [0.4, 0.5) is 14.5 Å². The molecule has 0 saturated heterocycles. The molecule has 0 spiro atoms. The fourth-order valence-corrected chi connectivity index (χ4v) is 3.28. The monoisotopic (exact) mass is 406 g/mol. The Morgan fingerprint density at radius 3 is 2.61 bits per heavy atom. The largest absolute Gasteiger partial charge is 0.465 e. The van der Waals surface area contributed by atoms with Gasteiger partial charge >= 0.3 is 5.97 Å². The van der Waals surface area contributed by atoms with Crippen LogP contribution >= 0.6 is 11.6 Å². The molecule has 1 N–H and O–H groups in total. The number of benzene rings is 2. The van der Waals surface area contributed by atoms with E-state index in [2.05, 4.69) is 10.1 Å². The number of pyridine rings is 1. The molecule has 0 unspecified atom stereocenters. The van der Waals surface area contributed by atoms with E-state index in [9.17, 15) is 18.4 Å².